The molecule has 1 aromatic carbocycles. The van der Waals surface area contributed by atoms with Crippen molar-refractivity contribution in [3.63, 3.8) is 0 Å². The first-order chi connectivity index (χ1) is 10.2. The van der Waals surface area contributed by atoms with Gasteiger partial charge in [-0.25, -0.2) is 0 Å². The third-order valence-electron chi connectivity index (χ3n) is 3.33. The fraction of sp³-hybridized carbons (Fsp3) is 0.533. The van der Waals surface area contributed by atoms with Gasteiger partial charge < -0.3 is 24.8 Å². The van der Waals surface area contributed by atoms with Gasteiger partial charge in [-0.3, -0.25) is 4.79 Å². The summed E-state index contributed by atoms with van der Waals surface area (Å²) in [5.74, 6) is 1.13. The second-order valence-electron chi connectivity index (χ2n) is 4.80. The molecule has 1 heterocycles. The van der Waals surface area contributed by atoms with Crippen LogP contribution in [0.5, 0.6) is 11.5 Å². The number of ether oxygens (including phenoxy) is 3. The maximum atomic E-state index is 12.3. The number of carbonyl (C=O) groups is 1. The molecule has 2 rings (SSSR count). The molecule has 0 aliphatic carbocycles. The van der Waals surface area contributed by atoms with E-state index >= 15 is 0 Å². The van der Waals surface area contributed by atoms with Crippen molar-refractivity contribution >= 4 is 11.6 Å². The van der Waals surface area contributed by atoms with Crippen molar-refractivity contribution in [3.05, 3.63) is 18.2 Å². The van der Waals surface area contributed by atoms with E-state index in [1.807, 2.05) is 13.8 Å². The summed E-state index contributed by atoms with van der Waals surface area (Å²) < 4.78 is 16.2. The molecule has 1 saturated heterocycles. The lowest BCUT2D eigenvalue weighted by Crippen LogP contribution is -2.53. The summed E-state index contributed by atoms with van der Waals surface area (Å²) >= 11 is 0. The SMILES string of the molecule is CCOc1ccc(NC(=O)[C@H]2NCCO[C@@H]2C)cc1OC. The summed E-state index contributed by atoms with van der Waals surface area (Å²) in [7, 11) is 1.57. The van der Waals surface area contributed by atoms with Gasteiger partial charge in [0, 0.05) is 18.3 Å². The van der Waals surface area contributed by atoms with Crippen LogP contribution in [0.3, 0.4) is 0 Å². The lowest BCUT2D eigenvalue weighted by molar-refractivity contribution is -0.123. The Bertz CT molecular complexity index is 493. The largest absolute Gasteiger partial charge is 0.493 e. The fourth-order valence-corrected chi connectivity index (χ4v) is 2.27. The van der Waals surface area contributed by atoms with Crippen LogP contribution >= 0.6 is 0 Å². The summed E-state index contributed by atoms with van der Waals surface area (Å²) in [6.45, 7) is 5.65. The van der Waals surface area contributed by atoms with E-state index in [0.717, 1.165) is 0 Å². The van der Waals surface area contributed by atoms with Crippen LogP contribution in [-0.2, 0) is 9.53 Å². The molecule has 116 valence electrons. The minimum absolute atomic E-state index is 0.117. The molecule has 6 nitrogen and oxygen atoms in total. The molecular weight excluding hydrogens is 272 g/mol. The van der Waals surface area contributed by atoms with Gasteiger partial charge in [0.25, 0.3) is 0 Å². The molecule has 6 heteroatoms. The van der Waals surface area contributed by atoms with Gasteiger partial charge in [0.15, 0.2) is 11.5 Å². The van der Waals surface area contributed by atoms with E-state index in [0.29, 0.717) is 36.9 Å². The van der Waals surface area contributed by atoms with Crippen molar-refractivity contribution in [2.75, 3.05) is 32.2 Å². The van der Waals surface area contributed by atoms with Gasteiger partial charge in [-0.2, -0.15) is 0 Å². The maximum absolute atomic E-state index is 12.3. The highest BCUT2D eigenvalue weighted by atomic mass is 16.5. The molecule has 0 radical (unpaired) electrons. The van der Waals surface area contributed by atoms with Gasteiger partial charge in [-0.1, -0.05) is 0 Å². The molecule has 0 saturated carbocycles. The number of carbonyl (C=O) groups excluding carboxylic acids is 1. The smallest absolute Gasteiger partial charge is 0.244 e. The number of rotatable bonds is 5. The van der Waals surface area contributed by atoms with Crippen LogP contribution in [0.4, 0.5) is 5.69 Å². The lowest BCUT2D eigenvalue weighted by atomic mass is 10.1. The van der Waals surface area contributed by atoms with Crippen LogP contribution in [0.1, 0.15) is 13.8 Å². The van der Waals surface area contributed by atoms with E-state index in [2.05, 4.69) is 10.6 Å². The predicted octanol–water partition coefficient (Wildman–Crippen LogP) is 1.41. The minimum Gasteiger partial charge on any atom is -0.493 e. The standard InChI is InChI=1S/C15H22N2O4/c1-4-20-12-6-5-11(9-13(12)19-3)17-15(18)14-10(2)21-8-7-16-14/h5-6,9-10,14,16H,4,7-8H2,1-3H3,(H,17,18)/t10-,14+/m1/s1. The topological polar surface area (TPSA) is 68.8 Å². The molecule has 0 bridgehead atoms. The average molecular weight is 294 g/mol. The fourth-order valence-electron chi connectivity index (χ4n) is 2.27. The highest BCUT2D eigenvalue weighted by Crippen LogP contribution is 2.30. The normalized spacial score (nSPS) is 21.7. The molecule has 0 aromatic heterocycles. The zero-order chi connectivity index (χ0) is 15.2. The highest BCUT2D eigenvalue weighted by Gasteiger charge is 2.28. The van der Waals surface area contributed by atoms with E-state index in [4.69, 9.17) is 14.2 Å². The van der Waals surface area contributed by atoms with E-state index < -0.39 is 0 Å². The summed E-state index contributed by atoms with van der Waals surface area (Å²) in [6.07, 6.45) is -0.150. The van der Waals surface area contributed by atoms with E-state index in [1.165, 1.54) is 0 Å². The van der Waals surface area contributed by atoms with Gasteiger partial charge in [-0.15, -0.1) is 0 Å². The van der Waals surface area contributed by atoms with Crippen LogP contribution in [0.2, 0.25) is 0 Å². The molecular formula is C15H22N2O4. The first kappa shape index (κ1) is 15.6. The zero-order valence-corrected chi connectivity index (χ0v) is 12.6. The van der Waals surface area contributed by atoms with Gasteiger partial charge in [0.2, 0.25) is 5.91 Å². The zero-order valence-electron chi connectivity index (χ0n) is 12.6. The number of amides is 1. The van der Waals surface area contributed by atoms with Crippen molar-refractivity contribution < 1.29 is 19.0 Å². The number of hydrogen-bond acceptors (Lipinski definition) is 5. The van der Waals surface area contributed by atoms with Crippen LogP contribution < -0.4 is 20.1 Å². The summed E-state index contributed by atoms with van der Waals surface area (Å²) in [4.78, 5) is 12.3. The third-order valence-corrected chi connectivity index (χ3v) is 3.33. The molecule has 21 heavy (non-hydrogen) atoms. The summed E-state index contributed by atoms with van der Waals surface area (Å²) in [6, 6.07) is 4.97. The number of benzene rings is 1. The average Bonchev–Trinajstić information content (AvgIpc) is 2.49. The Hall–Kier alpha value is -1.79. The first-order valence-corrected chi connectivity index (χ1v) is 7.12. The lowest BCUT2D eigenvalue weighted by Gasteiger charge is -2.29. The number of methoxy groups -OCH3 is 1. The minimum atomic E-state index is -0.351. The number of morpholine rings is 1. The molecule has 0 spiro atoms. The Balaban J connectivity index is 2.06. The number of nitrogens with one attached hydrogen (secondary N) is 2. The number of hydrogen-bond donors (Lipinski definition) is 2. The Morgan fingerprint density at radius 2 is 2.29 bits per heavy atom. The summed E-state index contributed by atoms with van der Waals surface area (Å²) in [5.41, 5.74) is 0.667. The quantitative estimate of drug-likeness (QED) is 0.859. The highest BCUT2D eigenvalue weighted by molar-refractivity contribution is 5.95. The summed E-state index contributed by atoms with van der Waals surface area (Å²) in [5, 5.41) is 6.03. The Kier molecular flexibility index (Phi) is 5.41. The molecule has 1 aliphatic rings. The Labute approximate surface area is 124 Å². The van der Waals surface area contributed by atoms with Crippen LogP contribution in [0, 0.1) is 0 Å². The van der Waals surface area contributed by atoms with Crippen LogP contribution in [0.15, 0.2) is 18.2 Å². The van der Waals surface area contributed by atoms with Crippen molar-refractivity contribution in [2.24, 2.45) is 0 Å². The van der Waals surface area contributed by atoms with Gasteiger partial charge in [0.05, 0.1) is 26.4 Å². The molecule has 2 atom stereocenters. The van der Waals surface area contributed by atoms with E-state index in [9.17, 15) is 4.79 Å². The monoisotopic (exact) mass is 294 g/mol. The predicted molar refractivity (Wildman–Crippen MR) is 80.0 cm³/mol. The van der Waals surface area contributed by atoms with E-state index in [1.54, 1.807) is 25.3 Å². The molecule has 1 aliphatic heterocycles. The second-order valence-corrected chi connectivity index (χ2v) is 4.80. The number of anilines is 1. The second kappa shape index (κ2) is 7.28. The van der Waals surface area contributed by atoms with Crippen molar-refractivity contribution in [1.82, 2.24) is 5.32 Å². The van der Waals surface area contributed by atoms with E-state index in [-0.39, 0.29) is 18.1 Å². The van der Waals surface area contributed by atoms with Crippen molar-refractivity contribution in [1.29, 1.82) is 0 Å². The van der Waals surface area contributed by atoms with Crippen molar-refractivity contribution in [2.45, 2.75) is 26.0 Å². The van der Waals surface area contributed by atoms with Gasteiger partial charge in [-0.05, 0) is 26.0 Å². The molecule has 1 amide bonds. The van der Waals surface area contributed by atoms with Crippen LogP contribution in [0.25, 0.3) is 0 Å². The Morgan fingerprint density at radius 1 is 1.48 bits per heavy atom. The van der Waals surface area contributed by atoms with Crippen LogP contribution in [-0.4, -0.2) is 44.9 Å². The molecule has 0 unspecified atom stereocenters. The van der Waals surface area contributed by atoms with Gasteiger partial charge in [0.1, 0.15) is 6.04 Å². The van der Waals surface area contributed by atoms with Gasteiger partial charge >= 0.3 is 0 Å². The maximum Gasteiger partial charge on any atom is 0.244 e. The molecule has 1 aromatic rings. The molecule has 1 fully saturated rings. The molecule has 2 N–H and O–H groups in total. The Morgan fingerprint density at radius 3 is 2.95 bits per heavy atom. The third kappa shape index (κ3) is 3.86. The van der Waals surface area contributed by atoms with Crippen molar-refractivity contribution in [3.8, 4) is 11.5 Å². The first-order valence-electron chi connectivity index (χ1n) is 7.12.